The Morgan fingerprint density at radius 2 is 2.27 bits per heavy atom. The Labute approximate surface area is 65.5 Å². The number of hydrogen-bond donors (Lipinski definition) is 0. The lowest BCUT2D eigenvalue weighted by atomic mass is 10.4. The lowest BCUT2D eigenvalue weighted by Crippen LogP contribution is -2.18. The molecule has 0 aromatic rings. The molecule has 0 heterocycles. The first-order valence-electron chi connectivity index (χ1n) is 3.36. The monoisotopic (exact) mass is 163 g/mol. The molecule has 0 aromatic carbocycles. The van der Waals surface area contributed by atoms with E-state index in [1.165, 1.54) is 0 Å². The zero-order valence-corrected chi connectivity index (χ0v) is 6.51. The van der Waals surface area contributed by atoms with E-state index in [0.29, 0.717) is 6.61 Å². The van der Waals surface area contributed by atoms with Gasteiger partial charge in [0.1, 0.15) is 6.61 Å². The average molecular weight is 163 g/mol. The third-order valence-electron chi connectivity index (χ3n) is 0.941. The smallest absolute Gasteiger partial charge is 0.340 e. The topological polar surface area (TPSA) is 35.5 Å². The van der Waals surface area contributed by atoms with E-state index in [4.69, 9.17) is 4.74 Å². The summed E-state index contributed by atoms with van der Waals surface area (Å²) < 4.78 is 21.3. The van der Waals surface area contributed by atoms with E-state index >= 15 is 0 Å². The maximum atomic E-state index is 12.1. The number of rotatable bonds is 5. The van der Waals surface area contributed by atoms with Crippen molar-refractivity contribution in [2.75, 3.05) is 19.8 Å². The van der Waals surface area contributed by atoms with Crippen molar-refractivity contribution in [2.45, 2.75) is 13.1 Å². The predicted molar refractivity (Wildman–Crippen MR) is 37.7 cm³/mol. The largest absolute Gasteiger partial charge is 0.461 e. The highest BCUT2D eigenvalue weighted by molar-refractivity contribution is 5.73. The third-order valence-corrected chi connectivity index (χ3v) is 0.941. The SMILES string of the molecule is [CH2]COCCOC(=O)C(C)F. The van der Waals surface area contributed by atoms with E-state index in [2.05, 4.69) is 11.7 Å². The first-order valence-corrected chi connectivity index (χ1v) is 3.36. The minimum absolute atomic E-state index is 0.0859. The number of esters is 1. The molecule has 1 atom stereocenters. The number of carbonyl (C=O) groups is 1. The van der Waals surface area contributed by atoms with E-state index in [1.54, 1.807) is 0 Å². The van der Waals surface area contributed by atoms with Gasteiger partial charge in [-0.05, 0) is 13.8 Å². The summed E-state index contributed by atoms with van der Waals surface area (Å²) in [4.78, 5) is 10.4. The van der Waals surface area contributed by atoms with Crippen LogP contribution in [0.15, 0.2) is 0 Å². The van der Waals surface area contributed by atoms with Gasteiger partial charge in [-0.1, -0.05) is 0 Å². The molecule has 1 unspecified atom stereocenters. The van der Waals surface area contributed by atoms with Gasteiger partial charge in [0, 0.05) is 6.61 Å². The molecular formula is C7H12FO3. The van der Waals surface area contributed by atoms with Crippen LogP contribution in [0.5, 0.6) is 0 Å². The van der Waals surface area contributed by atoms with Gasteiger partial charge in [-0.25, -0.2) is 9.18 Å². The molecular weight excluding hydrogens is 151 g/mol. The Bertz CT molecular complexity index is 114. The van der Waals surface area contributed by atoms with Crippen molar-refractivity contribution in [1.29, 1.82) is 0 Å². The fraction of sp³-hybridized carbons (Fsp3) is 0.714. The highest BCUT2D eigenvalue weighted by Gasteiger charge is 2.11. The summed E-state index contributed by atoms with van der Waals surface area (Å²) in [6, 6.07) is 0. The Balaban J connectivity index is 3.18. The Morgan fingerprint density at radius 1 is 1.64 bits per heavy atom. The molecule has 0 aliphatic carbocycles. The van der Waals surface area contributed by atoms with Crippen molar-refractivity contribution in [1.82, 2.24) is 0 Å². The number of halogens is 1. The summed E-state index contributed by atoms with van der Waals surface area (Å²) in [5.41, 5.74) is 0. The fourth-order valence-corrected chi connectivity index (χ4v) is 0.418. The zero-order valence-electron chi connectivity index (χ0n) is 6.51. The molecule has 0 amide bonds. The van der Waals surface area contributed by atoms with Gasteiger partial charge < -0.3 is 9.47 Å². The molecule has 0 aliphatic rings. The van der Waals surface area contributed by atoms with Gasteiger partial charge in [-0.2, -0.15) is 0 Å². The van der Waals surface area contributed by atoms with Gasteiger partial charge in [0.05, 0.1) is 6.61 Å². The van der Waals surface area contributed by atoms with Gasteiger partial charge in [0.25, 0.3) is 0 Å². The van der Waals surface area contributed by atoms with Crippen LogP contribution in [0, 0.1) is 6.92 Å². The van der Waals surface area contributed by atoms with E-state index in [0.717, 1.165) is 6.92 Å². The molecule has 11 heavy (non-hydrogen) atoms. The van der Waals surface area contributed by atoms with Crippen LogP contribution in [0.2, 0.25) is 0 Å². The number of alkyl halides is 1. The van der Waals surface area contributed by atoms with Crippen LogP contribution in [0.25, 0.3) is 0 Å². The van der Waals surface area contributed by atoms with Gasteiger partial charge in [-0.3, -0.25) is 0 Å². The van der Waals surface area contributed by atoms with Crippen LogP contribution >= 0.6 is 0 Å². The number of carbonyl (C=O) groups excluding carboxylic acids is 1. The number of ether oxygens (including phenoxy) is 2. The summed E-state index contributed by atoms with van der Waals surface area (Å²) in [6.45, 7) is 5.20. The van der Waals surface area contributed by atoms with Crippen LogP contribution in [-0.4, -0.2) is 32.0 Å². The summed E-state index contributed by atoms with van der Waals surface area (Å²) in [6.07, 6.45) is -1.56. The molecule has 3 nitrogen and oxygen atoms in total. The molecule has 65 valence electrons. The van der Waals surface area contributed by atoms with Crippen molar-refractivity contribution < 1.29 is 18.7 Å². The molecule has 0 saturated carbocycles. The van der Waals surface area contributed by atoms with Gasteiger partial charge in [-0.15, -0.1) is 0 Å². The molecule has 0 aromatic heterocycles. The molecule has 0 bridgehead atoms. The third kappa shape index (κ3) is 5.79. The maximum Gasteiger partial charge on any atom is 0.340 e. The van der Waals surface area contributed by atoms with Gasteiger partial charge >= 0.3 is 5.97 Å². The molecule has 1 radical (unpaired) electrons. The van der Waals surface area contributed by atoms with E-state index in [1.807, 2.05) is 0 Å². The highest BCUT2D eigenvalue weighted by atomic mass is 19.1. The van der Waals surface area contributed by atoms with Crippen LogP contribution in [0.3, 0.4) is 0 Å². The van der Waals surface area contributed by atoms with Crippen molar-refractivity contribution in [3.8, 4) is 0 Å². The number of hydrogen-bond acceptors (Lipinski definition) is 3. The van der Waals surface area contributed by atoms with Crippen molar-refractivity contribution in [3.63, 3.8) is 0 Å². The van der Waals surface area contributed by atoms with E-state index in [-0.39, 0.29) is 13.2 Å². The van der Waals surface area contributed by atoms with E-state index in [9.17, 15) is 9.18 Å². The van der Waals surface area contributed by atoms with Gasteiger partial charge in [0.15, 0.2) is 6.17 Å². The Hall–Kier alpha value is -0.640. The van der Waals surface area contributed by atoms with Crippen molar-refractivity contribution >= 4 is 5.97 Å². The first-order chi connectivity index (χ1) is 5.18. The molecule has 0 spiro atoms. The molecule has 0 aliphatic heterocycles. The molecule has 4 heteroatoms. The first kappa shape index (κ1) is 10.4. The molecule has 0 rings (SSSR count). The lowest BCUT2D eigenvalue weighted by Gasteiger charge is -2.04. The van der Waals surface area contributed by atoms with Crippen LogP contribution in [-0.2, 0) is 14.3 Å². The van der Waals surface area contributed by atoms with Crippen LogP contribution in [0.4, 0.5) is 4.39 Å². The second kappa shape index (κ2) is 6.09. The van der Waals surface area contributed by atoms with E-state index < -0.39 is 12.1 Å². The highest BCUT2D eigenvalue weighted by Crippen LogP contribution is 1.91. The van der Waals surface area contributed by atoms with Gasteiger partial charge in [0.2, 0.25) is 0 Å². The quantitative estimate of drug-likeness (QED) is 0.443. The summed E-state index contributed by atoms with van der Waals surface area (Å²) in [7, 11) is 0. The lowest BCUT2D eigenvalue weighted by molar-refractivity contribution is -0.150. The fourth-order valence-electron chi connectivity index (χ4n) is 0.418. The standard InChI is InChI=1S/C7H12FO3/c1-3-10-4-5-11-7(9)6(2)8/h6H,1,3-5H2,2H3. The predicted octanol–water partition coefficient (Wildman–Crippen LogP) is 0.738. The molecule has 0 saturated heterocycles. The summed E-state index contributed by atoms with van der Waals surface area (Å²) >= 11 is 0. The van der Waals surface area contributed by atoms with Crippen LogP contribution in [0.1, 0.15) is 6.92 Å². The maximum absolute atomic E-state index is 12.1. The zero-order chi connectivity index (χ0) is 8.69. The minimum atomic E-state index is -1.56. The summed E-state index contributed by atoms with van der Waals surface area (Å²) in [5, 5.41) is 0. The normalized spacial score (nSPS) is 12.6. The van der Waals surface area contributed by atoms with Crippen molar-refractivity contribution in [3.05, 3.63) is 6.92 Å². The minimum Gasteiger partial charge on any atom is -0.461 e. The second-order valence-corrected chi connectivity index (χ2v) is 1.90. The molecule has 0 fully saturated rings. The summed E-state index contributed by atoms with van der Waals surface area (Å²) in [5.74, 6) is -0.849. The molecule has 0 N–H and O–H groups in total. The Kier molecular flexibility index (Phi) is 5.74. The Morgan fingerprint density at radius 3 is 2.73 bits per heavy atom. The average Bonchev–Trinajstić information content (AvgIpc) is 1.97. The second-order valence-electron chi connectivity index (χ2n) is 1.90. The van der Waals surface area contributed by atoms with Crippen molar-refractivity contribution in [2.24, 2.45) is 0 Å². The van der Waals surface area contributed by atoms with Crippen LogP contribution < -0.4 is 0 Å².